The lowest BCUT2D eigenvalue weighted by Gasteiger charge is -2.20. The summed E-state index contributed by atoms with van der Waals surface area (Å²) >= 11 is 0. The molecule has 0 heterocycles. The second-order valence-electron chi connectivity index (χ2n) is 10.1. The van der Waals surface area contributed by atoms with Crippen LogP contribution in [0.5, 0.6) is 23.0 Å². The molecule has 0 aliphatic rings. The third kappa shape index (κ3) is 7.59. The second-order valence-corrected chi connectivity index (χ2v) is 10.1. The molecular weight excluding hydrogens is 496 g/mol. The standard InChI is InChI=1S/C36H42O4/c1-4-13-27-16-7-10-19-34(27)38-24-30-22-23-33(37)32(26-40-36-21-12-9-18-29(36)15-6-3)31(30)25-39-35-20-11-8-17-28(35)14-5-2/h7-12,16-23,37H,4-6,13-15,24-26H2,1-3H3. The maximum atomic E-state index is 11.0. The summed E-state index contributed by atoms with van der Waals surface area (Å²) in [7, 11) is 0. The molecule has 0 unspecified atom stereocenters. The van der Waals surface area contributed by atoms with E-state index in [1.165, 1.54) is 16.7 Å². The Morgan fingerprint density at radius 1 is 0.450 bits per heavy atom. The zero-order chi connectivity index (χ0) is 28.2. The van der Waals surface area contributed by atoms with Gasteiger partial charge in [0.15, 0.2) is 0 Å². The van der Waals surface area contributed by atoms with Gasteiger partial charge >= 0.3 is 0 Å². The SMILES string of the molecule is CCCc1ccccc1OCc1ccc(O)c(COc2ccccc2CCC)c1COc1ccccc1CCC. The molecule has 0 amide bonds. The van der Waals surface area contributed by atoms with Crippen LogP contribution in [-0.4, -0.2) is 5.11 Å². The molecule has 4 aromatic rings. The first-order valence-electron chi connectivity index (χ1n) is 14.6. The number of ether oxygens (including phenoxy) is 3. The Morgan fingerprint density at radius 2 is 0.850 bits per heavy atom. The topological polar surface area (TPSA) is 47.9 Å². The van der Waals surface area contributed by atoms with Gasteiger partial charge in [-0.1, -0.05) is 101 Å². The smallest absolute Gasteiger partial charge is 0.123 e. The summed E-state index contributed by atoms with van der Waals surface area (Å²) in [6, 6.07) is 28.2. The zero-order valence-corrected chi connectivity index (χ0v) is 24.1. The van der Waals surface area contributed by atoms with E-state index in [9.17, 15) is 5.11 Å². The Bertz CT molecular complexity index is 1360. The van der Waals surface area contributed by atoms with Crippen molar-refractivity contribution in [1.82, 2.24) is 0 Å². The van der Waals surface area contributed by atoms with Crippen molar-refractivity contribution in [2.45, 2.75) is 79.1 Å². The minimum atomic E-state index is 0.198. The number of aromatic hydroxyl groups is 1. The minimum Gasteiger partial charge on any atom is -0.508 e. The molecule has 4 rings (SSSR count). The van der Waals surface area contributed by atoms with Gasteiger partial charge in [0.25, 0.3) is 0 Å². The van der Waals surface area contributed by atoms with Crippen LogP contribution in [0.4, 0.5) is 0 Å². The Labute approximate surface area is 239 Å². The van der Waals surface area contributed by atoms with E-state index in [1.807, 2.05) is 54.6 Å². The van der Waals surface area contributed by atoms with Crippen molar-refractivity contribution in [3.05, 3.63) is 118 Å². The quantitative estimate of drug-likeness (QED) is 0.164. The summed E-state index contributed by atoms with van der Waals surface area (Å²) in [5, 5.41) is 11.0. The third-order valence-electron chi connectivity index (χ3n) is 7.11. The molecule has 1 N–H and O–H groups in total. The fraction of sp³-hybridized carbons (Fsp3) is 0.333. The van der Waals surface area contributed by atoms with Crippen molar-refractivity contribution in [3.63, 3.8) is 0 Å². The number of hydrogen-bond donors (Lipinski definition) is 1. The highest BCUT2D eigenvalue weighted by atomic mass is 16.5. The van der Waals surface area contributed by atoms with Crippen LogP contribution in [0.1, 0.15) is 73.4 Å². The Morgan fingerprint density at radius 3 is 1.30 bits per heavy atom. The molecule has 0 radical (unpaired) electrons. The monoisotopic (exact) mass is 538 g/mol. The largest absolute Gasteiger partial charge is 0.508 e. The van der Waals surface area contributed by atoms with Crippen LogP contribution in [0, 0.1) is 0 Å². The summed E-state index contributed by atoms with van der Waals surface area (Å²) in [6.45, 7) is 7.42. The minimum absolute atomic E-state index is 0.198. The van der Waals surface area contributed by atoms with Crippen molar-refractivity contribution in [2.24, 2.45) is 0 Å². The molecule has 40 heavy (non-hydrogen) atoms. The van der Waals surface area contributed by atoms with Crippen LogP contribution in [0.3, 0.4) is 0 Å². The molecule has 0 bridgehead atoms. The summed E-state index contributed by atoms with van der Waals surface area (Å²) in [5.41, 5.74) is 6.14. The van der Waals surface area contributed by atoms with Crippen LogP contribution in [0.15, 0.2) is 84.9 Å². The molecule has 0 fully saturated rings. The number of phenols is 1. The number of phenolic OH excluding ortho intramolecular Hbond substituents is 1. The summed E-state index contributed by atoms with van der Waals surface area (Å²) in [4.78, 5) is 0. The molecule has 0 saturated heterocycles. The first-order valence-corrected chi connectivity index (χ1v) is 14.6. The first-order chi connectivity index (χ1) is 19.6. The Balaban J connectivity index is 1.64. The van der Waals surface area contributed by atoms with Crippen LogP contribution >= 0.6 is 0 Å². The van der Waals surface area contributed by atoms with Crippen molar-refractivity contribution in [1.29, 1.82) is 0 Å². The highest BCUT2D eigenvalue weighted by molar-refractivity contribution is 5.46. The molecule has 4 nitrogen and oxygen atoms in total. The van der Waals surface area contributed by atoms with E-state index in [0.717, 1.165) is 72.5 Å². The Hall–Kier alpha value is -3.92. The molecular formula is C36H42O4. The van der Waals surface area contributed by atoms with Gasteiger partial charge < -0.3 is 19.3 Å². The maximum absolute atomic E-state index is 11.0. The van der Waals surface area contributed by atoms with E-state index < -0.39 is 0 Å². The molecule has 210 valence electrons. The lowest BCUT2D eigenvalue weighted by molar-refractivity contribution is 0.266. The van der Waals surface area contributed by atoms with Gasteiger partial charge in [0.05, 0.1) is 0 Å². The van der Waals surface area contributed by atoms with E-state index in [4.69, 9.17) is 14.2 Å². The molecule has 4 aromatic carbocycles. The normalized spacial score (nSPS) is 10.9. The number of aryl methyl sites for hydroxylation is 3. The van der Waals surface area contributed by atoms with E-state index >= 15 is 0 Å². The van der Waals surface area contributed by atoms with Crippen LogP contribution in [-0.2, 0) is 39.1 Å². The highest BCUT2D eigenvalue weighted by Gasteiger charge is 2.17. The molecule has 4 heteroatoms. The first kappa shape index (κ1) is 29.1. The fourth-order valence-corrected chi connectivity index (χ4v) is 5.02. The van der Waals surface area contributed by atoms with Crippen LogP contribution < -0.4 is 14.2 Å². The van der Waals surface area contributed by atoms with Gasteiger partial charge in [0.2, 0.25) is 0 Å². The second kappa shape index (κ2) is 15.0. The van der Waals surface area contributed by atoms with E-state index in [1.54, 1.807) is 6.07 Å². The van der Waals surface area contributed by atoms with Gasteiger partial charge in [0.1, 0.15) is 42.8 Å². The lowest BCUT2D eigenvalue weighted by Crippen LogP contribution is -2.11. The van der Waals surface area contributed by atoms with Crippen molar-refractivity contribution in [3.8, 4) is 23.0 Å². The lowest BCUT2D eigenvalue weighted by atomic mass is 10.0. The van der Waals surface area contributed by atoms with Crippen molar-refractivity contribution < 1.29 is 19.3 Å². The molecule has 0 spiro atoms. The van der Waals surface area contributed by atoms with Crippen LogP contribution in [0.2, 0.25) is 0 Å². The average molecular weight is 539 g/mol. The molecule has 0 saturated carbocycles. The van der Waals surface area contributed by atoms with Crippen molar-refractivity contribution in [2.75, 3.05) is 0 Å². The summed E-state index contributed by atoms with van der Waals surface area (Å²) in [5.74, 6) is 2.81. The number of rotatable bonds is 15. The van der Waals surface area contributed by atoms with E-state index in [2.05, 4.69) is 45.0 Å². The number of benzene rings is 4. The van der Waals surface area contributed by atoms with Gasteiger partial charge in [-0.15, -0.1) is 0 Å². The van der Waals surface area contributed by atoms with Gasteiger partial charge in [-0.25, -0.2) is 0 Å². The number of hydrogen-bond acceptors (Lipinski definition) is 4. The average Bonchev–Trinajstić information content (AvgIpc) is 2.97. The Kier molecular flexibility index (Phi) is 10.9. The van der Waals surface area contributed by atoms with E-state index in [0.29, 0.717) is 13.2 Å². The van der Waals surface area contributed by atoms with Gasteiger partial charge in [-0.2, -0.15) is 0 Å². The molecule has 0 aliphatic heterocycles. The molecule has 0 aromatic heterocycles. The van der Waals surface area contributed by atoms with Crippen molar-refractivity contribution >= 4 is 0 Å². The predicted molar refractivity (Wildman–Crippen MR) is 162 cm³/mol. The number of para-hydroxylation sites is 3. The van der Waals surface area contributed by atoms with Gasteiger partial charge in [-0.3, -0.25) is 0 Å². The maximum Gasteiger partial charge on any atom is 0.123 e. The molecule has 0 aliphatic carbocycles. The highest BCUT2D eigenvalue weighted by Crippen LogP contribution is 2.31. The predicted octanol–water partition coefficient (Wildman–Crippen LogP) is 8.99. The zero-order valence-electron chi connectivity index (χ0n) is 24.1. The third-order valence-corrected chi connectivity index (χ3v) is 7.11. The molecule has 0 atom stereocenters. The van der Waals surface area contributed by atoms with Gasteiger partial charge in [0, 0.05) is 11.1 Å². The van der Waals surface area contributed by atoms with E-state index in [-0.39, 0.29) is 12.4 Å². The fourth-order valence-electron chi connectivity index (χ4n) is 5.02. The van der Waals surface area contributed by atoms with Gasteiger partial charge in [-0.05, 0) is 65.8 Å². The summed E-state index contributed by atoms with van der Waals surface area (Å²) < 4.78 is 19.1. The van der Waals surface area contributed by atoms with Crippen LogP contribution in [0.25, 0.3) is 0 Å². The summed E-state index contributed by atoms with van der Waals surface area (Å²) in [6.07, 6.45) is 5.98.